The molecule has 8 heteroatoms. The zero-order chi connectivity index (χ0) is 18.5. The number of nitro benzene ring substituents is 1. The number of ether oxygens (including phenoxy) is 2. The van der Waals surface area contributed by atoms with Crippen LogP contribution in [-0.4, -0.2) is 29.8 Å². The van der Waals surface area contributed by atoms with E-state index in [1.807, 2.05) is 6.07 Å². The van der Waals surface area contributed by atoms with Gasteiger partial charge in [-0.25, -0.2) is 5.43 Å². The van der Waals surface area contributed by atoms with Crippen LogP contribution in [0.1, 0.15) is 29.3 Å². The van der Waals surface area contributed by atoms with Crippen LogP contribution in [0.4, 0.5) is 5.69 Å². The van der Waals surface area contributed by atoms with Gasteiger partial charge in [0, 0.05) is 29.7 Å². The van der Waals surface area contributed by atoms with E-state index < -0.39 is 10.8 Å². The van der Waals surface area contributed by atoms with Gasteiger partial charge in [0.25, 0.3) is 11.6 Å². The number of hydrogen-bond acceptors (Lipinski definition) is 6. The lowest BCUT2D eigenvalue weighted by Gasteiger charge is -2.09. The number of nitrogens with zero attached hydrogens (tertiary/aromatic N) is 2. The summed E-state index contributed by atoms with van der Waals surface area (Å²) in [7, 11) is 0. The average molecular weight is 355 g/mol. The van der Waals surface area contributed by atoms with Crippen LogP contribution in [0.2, 0.25) is 0 Å². The lowest BCUT2D eigenvalue weighted by atomic mass is 10.1. The van der Waals surface area contributed by atoms with Gasteiger partial charge in [0.15, 0.2) is 11.5 Å². The molecule has 0 saturated carbocycles. The summed E-state index contributed by atoms with van der Waals surface area (Å²) in [5.41, 5.74) is 3.76. The monoisotopic (exact) mass is 355 g/mol. The molecule has 134 valence electrons. The second kappa shape index (κ2) is 7.64. The van der Waals surface area contributed by atoms with Crippen molar-refractivity contribution in [2.75, 3.05) is 13.2 Å². The fourth-order valence-corrected chi connectivity index (χ4v) is 2.41. The Morgan fingerprint density at radius 2 is 1.88 bits per heavy atom. The molecule has 2 aromatic carbocycles. The molecule has 1 heterocycles. The number of non-ortho nitro benzene ring substituents is 1. The largest absolute Gasteiger partial charge is 0.490 e. The number of amides is 1. The lowest BCUT2D eigenvalue weighted by molar-refractivity contribution is -0.384. The first-order valence-corrected chi connectivity index (χ1v) is 8.04. The number of hydrazone groups is 1. The molecule has 1 aliphatic heterocycles. The third-order valence-electron chi connectivity index (χ3n) is 3.81. The highest BCUT2D eigenvalue weighted by Crippen LogP contribution is 2.30. The Morgan fingerprint density at radius 1 is 1.12 bits per heavy atom. The van der Waals surface area contributed by atoms with E-state index in [-0.39, 0.29) is 11.3 Å². The van der Waals surface area contributed by atoms with Crippen molar-refractivity contribution in [3.63, 3.8) is 0 Å². The summed E-state index contributed by atoms with van der Waals surface area (Å²) in [6, 6.07) is 10.9. The minimum atomic E-state index is -0.553. The van der Waals surface area contributed by atoms with Crippen molar-refractivity contribution >= 4 is 17.3 Å². The van der Waals surface area contributed by atoms with Gasteiger partial charge in [-0.05, 0) is 31.2 Å². The Hall–Kier alpha value is -3.42. The Labute approximate surface area is 149 Å². The predicted molar refractivity (Wildman–Crippen MR) is 94.8 cm³/mol. The van der Waals surface area contributed by atoms with E-state index in [9.17, 15) is 14.9 Å². The molecule has 1 N–H and O–H groups in total. The first-order chi connectivity index (χ1) is 12.5. The van der Waals surface area contributed by atoms with E-state index in [1.165, 1.54) is 24.3 Å². The standard InChI is InChI=1S/C18H17N3O5/c1-12(13-6-7-16-17(11-13)26-9-3-8-25-16)19-20-18(22)14-4-2-5-15(10-14)21(23)24/h2,4-7,10-11H,3,8-9H2,1H3,(H,20,22)/b19-12-. The number of hydrogen-bond donors (Lipinski definition) is 1. The summed E-state index contributed by atoms with van der Waals surface area (Å²) >= 11 is 0. The molecular formula is C18H17N3O5. The molecule has 2 aromatic rings. The van der Waals surface area contributed by atoms with Crippen molar-refractivity contribution in [2.24, 2.45) is 5.10 Å². The molecule has 1 aliphatic rings. The van der Waals surface area contributed by atoms with Crippen molar-refractivity contribution in [1.82, 2.24) is 5.43 Å². The van der Waals surface area contributed by atoms with E-state index in [1.54, 1.807) is 19.1 Å². The number of carbonyl (C=O) groups is 1. The van der Waals surface area contributed by atoms with Crippen LogP contribution in [0.5, 0.6) is 11.5 Å². The first kappa shape index (κ1) is 17.4. The quantitative estimate of drug-likeness (QED) is 0.516. The molecule has 0 spiro atoms. The normalized spacial score (nSPS) is 13.7. The van der Waals surface area contributed by atoms with Gasteiger partial charge in [0.05, 0.1) is 23.8 Å². The third kappa shape index (κ3) is 3.97. The van der Waals surface area contributed by atoms with E-state index in [2.05, 4.69) is 10.5 Å². The van der Waals surface area contributed by atoms with Gasteiger partial charge in [0.2, 0.25) is 0 Å². The van der Waals surface area contributed by atoms with E-state index >= 15 is 0 Å². The van der Waals surface area contributed by atoms with Crippen LogP contribution in [0.25, 0.3) is 0 Å². The number of benzene rings is 2. The minimum absolute atomic E-state index is 0.152. The third-order valence-corrected chi connectivity index (χ3v) is 3.81. The van der Waals surface area contributed by atoms with E-state index in [0.717, 1.165) is 12.0 Å². The van der Waals surface area contributed by atoms with Crippen LogP contribution in [0.3, 0.4) is 0 Å². The summed E-state index contributed by atoms with van der Waals surface area (Å²) in [5.74, 6) is 0.793. The van der Waals surface area contributed by atoms with Crippen molar-refractivity contribution in [1.29, 1.82) is 0 Å². The van der Waals surface area contributed by atoms with Gasteiger partial charge in [0.1, 0.15) is 0 Å². The van der Waals surface area contributed by atoms with Gasteiger partial charge in [-0.2, -0.15) is 5.10 Å². The number of carbonyl (C=O) groups excluding carboxylic acids is 1. The average Bonchev–Trinajstić information content (AvgIpc) is 2.90. The Kier molecular flexibility index (Phi) is 5.12. The summed E-state index contributed by atoms with van der Waals surface area (Å²) in [6.07, 6.45) is 0.816. The van der Waals surface area contributed by atoms with Gasteiger partial charge in [-0.15, -0.1) is 0 Å². The highest BCUT2D eigenvalue weighted by Gasteiger charge is 2.13. The van der Waals surface area contributed by atoms with Gasteiger partial charge in [-0.3, -0.25) is 14.9 Å². The Bertz CT molecular complexity index is 879. The molecule has 0 saturated heterocycles. The molecule has 0 fully saturated rings. The molecule has 3 rings (SSSR count). The molecule has 26 heavy (non-hydrogen) atoms. The second-order valence-electron chi connectivity index (χ2n) is 5.66. The number of fused-ring (bicyclic) bond motifs is 1. The number of nitrogens with one attached hydrogen (secondary N) is 1. The van der Waals surface area contributed by atoms with Gasteiger partial charge < -0.3 is 9.47 Å². The fraction of sp³-hybridized carbons (Fsp3) is 0.222. The van der Waals surface area contributed by atoms with Crippen molar-refractivity contribution in [2.45, 2.75) is 13.3 Å². The maximum absolute atomic E-state index is 12.1. The van der Waals surface area contributed by atoms with Crippen molar-refractivity contribution in [3.05, 3.63) is 63.7 Å². The summed E-state index contributed by atoms with van der Waals surface area (Å²) < 4.78 is 11.2. The molecule has 0 aromatic heterocycles. The predicted octanol–water partition coefficient (Wildman–Crippen LogP) is 2.91. The smallest absolute Gasteiger partial charge is 0.271 e. The minimum Gasteiger partial charge on any atom is -0.490 e. The number of rotatable bonds is 4. The maximum atomic E-state index is 12.1. The van der Waals surface area contributed by atoms with E-state index in [4.69, 9.17) is 9.47 Å². The van der Waals surface area contributed by atoms with Gasteiger partial charge >= 0.3 is 0 Å². The first-order valence-electron chi connectivity index (χ1n) is 8.04. The topological polar surface area (TPSA) is 103 Å². The van der Waals surface area contributed by atoms with Crippen molar-refractivity contribution < 1.29 is 19.2 Å². The zero-order valence-electron chi connectivity index (χ0n) is 14.1. The van der Waals surface area contributed by atoms with Gasteiger partial charge in [-0.1, -0.05) is 6.07 Å². The molecule has 0 atom stereocenters. The second-order valence-corrected chi connectivity index (χ2v) is 5.66. The molecule has 0 radical (unpaired) electrons. The fourth-order valence-electron chi connectivity index (χ4n) is 2.41. The maximum Gasteiger partial charge on any atom is 0.271 e. The van der Waals surface area contributed by atoms with Crippen LogP contribution >= 0.6 is 0 Å². The molecule has 1 amide bonds. The molecule has 8 nitrogen and oxygen atoms in total. The molecule has 0 bridgehead atoms. The highest BCUT2D eigenvalue weighted by atomic mass is 16.6. The highest BCUT2D eigenvalue weighted by molar-refractivity contribution is 6.01. The Morgan fingerprint density at radius 3 is 2.65 bits per heavy atom. The summed E-state index contributed by atoms with van der Waals surface area (Å²) in [6.45, 7) is 2.93. The molecule has 0 unspecified atom stereocenters. The summed E-state index contributed by atoms with van der Waals surface area (Å²) in [4.78, 5) is 22.4. The number of nitro groups is 1. The molecular weight excluding hydrogens is 338 g/mol. The van der Waals surface area contributed by atoms with Crippen LogP contribution in [-0.2, 0) is 0 Å². The molecule has 0 aliphatic carbocycles. The lowest BCUT2D eigenvalue weighted by Crippen LogP contribution is -2.19. The summed E-state index contributed by atoms with van der Waals surface area (Å²) in [5, 5.41) is 14.9. The van der Waals surface area contributed by atoms with Crippen LogP contribution in [0, 0.1) is 10.1 Å². The van der Waals surface area contributed by atoms with Crippen LogP contribution < -0.4 is 14.9 Å². The van der Waals surface area contributed by atoms with Crippen molar-refractivity contribution in [3.8, 4) is 11.5 Å². The van der Waals surface area contributed by atoms with Crippen LogP contribution in [0.15, 0.2) is 47.6 Å². The van der Waals surface area contributed by atoms with E-state index in [0.29, 0.717) is 30.4 Å². The zero-order valence-corrected chi connectivity index (χ0v) is 14.1. The SMILES string of the molecule is C/C(=N/NC(=O)c1cccc([N+](=O)[O-])c1)c1ccc2c(c1)OCCCO2. The Balaban J connectivity index is 1.74.